The fourth-order valence-electron chi connectivity index (χ4n) is 3.17. The van der Waals surface area contributed by atoms with Crippen molar-refractivity contribution in [3.05, 3.63) is 82.7 Å². The predicted octanol–water partition coefficient (Wildman–Crippen LogP) is 4.51. The normalized spacial score (nSPS) is 11.8. The average molecular weight is 415 g/mol. The third-order valence-electron chi connectivity index (χ3n) is 4.59. The summed E-state index contributed by atoms with van der Waals surface area (Å²) in [5, 5.41) is 13.4. The highest BCUT2D eigenvalue weighted by Gasteiger charge is 2.30. The topological polar surface area (TPSA) is 66.6 Å². The van der Waals surface area contributed by atoms with Crippen LogP contribution in [-0.4, -0.2) is 21.8 Å². The smallest absolute Gasteiger partial charge is 0.416 e. The molecule has 2 N–H and O–H groups in total. The van der Waals surface area contributed by atoms with Gasteiger partial charge >= 0.3 is 6.18 Å². The Hall–Kier alpha value is -3.55. The van der Waals surface area contributed by atoms with Crippen LogP contribution in [0.25, 0.3) is 5.69 Å². The summed E-state index contributed by atoms with van der Waals surface area (Å²) in [6, 6.07) is 13.3. The van der Waals surface area contributed by atoms with Gasteiger partial charge in [-0.05, 0) is 55.8 Å². The van der Waals surface area contributed by atoms with E-state index in [-0.39, 0.29) is 17.7 Å². The average Bonchev–Trinajstić information content (AvgIpc) is 2.96. The molecule has 156 valence electrons. The van der Waals surface area contributed by atoms with Gasteiger partial charge in [-0.2, -0.15) is 18.3 Å². The Kier molecular flexibility index (Phi) is 5.96. The van der Waals surface area contributed by atoms with Crippen LogP contribution < -0.4 is 5.43 Å². The second-order valence-corrected chi connectivity index (χ2v) is 6.85. The monoisotopic (exact) mass is 415 g/mol. The van der Waals surface area contributed by atoms with Crippen LogP contribution in [0.4, 0.5) is 13.2 Å². The highest BCUT2D eigenvalue weighted by molar-refractivity contribution is 5.84. The number of aromatic nitrogens is 1. The minimum absolute atomic E-state index is 0.173. The van der Waals surface area contributed by atoms with Crippen LogP contribution in [0.3, 0.4) is 0 Å². The molecule has 1 heterocycles. The maximum Gasteiger partial charge on any atom is 0.416 e. The first kappa shape index (κ1) is 21.2. The van der Waals surface area contributed by atoms with Crippen molar-refractivity contribution in [3.63, 3.8) is 0 Å². The number of nitrogens with zero attached hydrogens (tertiary/aromatic N) is 2. The molecule has 3 rings (SSSR count). The van der Waals surface area contributed by atoms with E-state index < -0.39 is 17.6 Å². The summed E-state index contributed by atoms with van der Waals surface area (Å²) in [6.07, 6.45) is -3.18. The lowest BCUT2D eigenvalue weighted by molar-refractivity contribution is -0.137. The van der Waals surface area contributed by atoms with E-state index >= 15 is 0 Å². The van der Waals surface area contributed by atoms with Gasteiger partial charge in [0, 0.05) is 22.6 Å². The molecule has 3 aromatic rings. The lowest BCUT2D eigenvalue weighted by Gasteiger charge is -2.09. The van der Waals surface area contributed by atoms with Crippen molar-refractivity contribution in [3.8, 4) is 11.4 Å². The van der Waals surface area contributed by atoms with Gasteiger partial charge in [0.25, 0.3) is 0 Å². The summed E-state index contributed by atoms with van der Waals surface area (Å²) < 4.78 is 40.3. The summed E-state index contributed by atoms with van der Waals surface area (Å²) >= 11 is 0. The highest BCUT2D eigenvalue weighted by atomic mass is 19.4. The van der Waals surface area contributed by atoms with Crippen LogP contribution in [0.15, 0.2) is 59.7 Å². The Bertz CT molecular complexity index is 1080. The zero-order chi connectivity index (χ0) is 21.9. The molecule has 30 heavy (non-hydrogen) atoms. The van der Waals surface area contributed by atoms with Crippen LogP contribution in [0, 0.1) is 13.8 Å². The van der Waals surface area contributed by atoms with Gasteiger partial charge in [0.15, 0.2) is 0 Å². The molecule has 0 aliphatic rings. The minimum atomic E-state index is -4.45. The number of aromatic hydroxyl groups is 1. The van der Waals surface area contributed by atoms with Gasteiger partial charge in [-0.15, -0.1) is 0 Å². The number of halogens is 3. The van der Waals surface area contributed by atoms with Crippen LogP contribution >= 0.6 is 0 Å². The number of phenols is 1. The van der Waals surface area contributed by atoms with Crippen molar-refractivity contribution in [2.45, 2.75) is 26.4 Å². The summed E-state index contributed by atoms with van der Waals surface area (Å²) in [4.78, 5) is 12.0. The number of alkyl halides is 3. The van der Waals surface area contributed by atoms with E-state index in [2.05, 4.69) is 10.5 Å². The van der Waals surface area contributed by atoms with Gasteiger partial charge in [-0.3, -0.25) is 4.79 Å². The number of amides is 1. The Balaban J connectivity index is 1.68. The van der Waals surface area contributed by atoms with E-state index in [1.165, 1.54) is 18.3 Å². The summed E-state index contributed by atoms with van der Waals surface area (Å²) in [5.41, 5.74) is 5.28. The quantitative estimate of drug-likeness (QED) is 0.476. The molecule has 0 bridgehead atoms. The molecule has 0 unspecified atom stereocenters. The number of hydrogen-bond acceptors (Lipinski definition) is 3. The largest absolute Gasteiger partial charge is 0.508 e. The zero-order valence-electron chi connectivity index (χ0n) is 16.4. The van der Waals surface area contributed by atoms with E-state index in [0.717, 1.165) is 34.8 Å². The van der Waals surface area contributed by atoms with Gasteiger partial charge in [0.1, 0.15) is 5.75 Å². The lowest BCUT2D eigenvalue weighted by atomic mass is 10.1. The fraction of sp³-hybridized carbons (Fsp3) is 0.182. The molecule has 2 aromatic carbocycles. The molecule has 5 nitrogen and oxygen atoms in total. The number of carbonyl (C=O) groups excluding carboxylic acids is 1. The number of hydrogen-bond donors (Lipinski definition) is 2. The predicted molar refractivity (Wildman–Crippen MR) is 108 cm³/mol. The molecular weight excluding hydrogens is 395 g/mol. The molecule has 1 aromatic heterocycles. The number of aryl methyl sites for hydroxylation is 1. The van der Waals surface area contributed by atoms with Gasteiger partial charge in [0.2, 0.25) is 5.91 Å². The SMILES string of the molecule is Cc1cc(/C=N/NC(=O)Cc2cccc(C(F)(F)F)c2)c(C)n1-c1ccc(O)cc1. The highest BCUT2D eigenvalue weighted by Crippen LogP contribution is 2.29. The van der Waals surface area contributed by atoms with E-state index in [4.69, 9.17) is 0 Å². The first-order valence-corrected chi connectivity index (χ1v) is 9.11. The number of rotatable bonds is 5. The number of hydrazone groups is 1. The molecule has 0 atom stereocenters. The Labute approximate surface area is 171 Å². The third kappa shape index (κ3) is 4.89. The number of benzene rings is 2. The van der Waals surface area contributed by atoms with E-state index in [1.54, 1.807) is 24.3 Å². The molecule has 0 aliphatic carbocycles. The maximum absolute atomic E-state index is 12.8. The Morgan fingerprint density at radius 1 is 1.13 bits per heavy atom. The number of carbonyl (C=O) groups is 1. The van der Waals surface area contributed by atoms with Crippen LogP contribution in [0.1, 0.15) is 28.1 Å². The van der Waals surface area contributed by atoms with Gasteiger partial charge in [0.05, 0.1) is 18.2 Å². The summed E-state index contributed by atoms with van der Waals surface area (Å²) in [5.74, 6) is -0.343. The molecule has 8 heteroatoms. The van der Waals surface area contributed by atoms with E-state index in [0.29, 0.717) is 0 Å². The summed E-state index contributed by atoms with van der Waals surface area (Å²) in [6.45, 7) is 3.81. The number of nitrogens with one attached hydrogen (secondary N) is 1. The molecule has 0 spiro atoms. The van der Waals surface area contributed by atoms with E-state index in [9.17, 15) is 23.1 Å². The van der Waals surface area contributed by atoms with Crippen molar-refractivity contribution in [2.24, 2.45) is 5.10 Å². The number of phenolic OH excluding ortho intramolecular Hbond substituents is 1. The van der Waals surface area contributed by atoms with Gasteiger partial charge in [-0.25, -0.2) is 5.43 Å². The minimum Gasteiger partial charge on any atom is -0.508 e. The standard InChI is InChI=1S/C22H20F3N3O2/c1-14-10-17(15(2)28(14)19-6-8-20(29)9-7-19)13-26-27-21(30)12-16-4-3-5-18(11-16)22(23,24)25/h3-11,13,29H,12H2,1-2H3,(H,27,30)/b26-13+. The van der Waals surface area contributed by atoms with E-state index in [1.807, 2.05) is 24.5 Å². The van der Waals surface area contributed by atoms with Crippen molar-refractivity contribution >= 4 is 12.1 Å². The lowest BCUT2D eigenvalue weighted by Crippen LogP contribution is -2.20. The van der Waals surface area contributed by atoms with Crippen molar-refractivity contribution in [1.82, 2.24) is 9.99 Å². The molecular formula is C22H20F3N3O2. The van der Waals surface area contributed by atoms with Crippen LogP contribution in [0.5, 0.6) is 5.75 Å². The molecule has 0 saturated carbocycles. The van der Waals surface area contributed by atoms with Crippen molar-refractivity contribution in [2.75, 3.05) is 0 Å². The third-order valence-corrected chi connectivity index (χ3v) is 4.59. The molecule has 1 amide bonds. The van der Waals surface area contributed by atoms with Gasteiger partial charge < -0.3 is 9.67 Å². The second-order valence-electron chi connectivity index (χ2n) is 6.85. The van der Waals surface area contributed by atoms with Crippen molar-refractivity contribution in [1.29, 1.82) is 0 Å². The molecule has 0 fully saturated rings. The van der Waals surface area contributed by atoms with Gasteiger partial charge in [-0.1, -0.05) is 18.2 Å². The van der Waals surface area contributed by atoms with Crippen LogP contribution in [-0.2, 0) is 17.4 Å². The molecule has 0 aliphatic heterocycles. The maximum atomic E-state index is 12.8. The second kappa shape index (κ2) is 8.44. The fourth-order valence-corrected chi connectivity index (χ4v) is 3.17. The first-order chi connectivity index (χ1) is 14.1. The molecule has 0 radical (unpaired) electrons. The first-order valence-electron chi connectivity index (χ1n) is 9.11. The Morgan fingerprint density at radius 2 is 1.83 bits per heavy atom. The Morgan fingerprint density at radius 3 is 2.50 bits per heavy atom. The van der Waals surface area contributed by atoms with Crippen LogP contribution in [0.2, 0.25) is 0 Å². The zero-order valence-corrected chi connectivity index (χ0v) is 16.4. The molecule has 0 saturated heterocycles. The van der Waals surface area contributed by atoms with Crippen molar-refractivity contribution < 1.29 is 23.1 Å². The summed E-state index contributed by atoms with van der Waals surface area (Å²) in [7, 11) is 0.